The summed E-state index contributed by atoms with van der Waals surface area (Å²) in [6.07, 6.45) is 4.71. The number of hydrogen-bond donors (Lipinski definition) is 1. The van der Waals surface area contributed by atoms with Gasteiger partial charge in [-0.05, 0) is 43.4 Å². The molecule has 1 aliphatic carbocycles. The van der Waals surface area contributed by atoms with E-state index in [1.165, 1.54) is 24.8 Å². The van der Waals surface area contributed by atoms with Crippen LogP contribution in [0.5, 0.6) is 5.75 Å². The van der Waals surface area contributed by atoms with E-state index in [2.05, 4.69) is 24.4 Å². The van der Waals surface area contributed by atoms with E-state index in [1.807, 2.05) is 19.2 Å². The zero-order valence-corrected chi connectivity index (χ0v) is 12.2. The summed E-state index contributed by atoms with van der Waals surface area (Å²) in [6.45, 7) is 3.15. The molecule has 19 heavy (non-hydrogen) atoms. The van der Waals surface area contributed by atoms with Crippen LogP contribution in [-0.2, 0) is 4.74 Å². The van der Waals surface area contributed by atoms with Crippen molar-refractivity contribution in [2.24, 2.45) is 0 Å². The lowest BCUT2D eigenvalue weighted by Gasteiger charge is -2.41. The van der Waals surface area contributed by atoms with Crippen LogP contribution in [0.25, 0.3) is 0 Å². The molecule has 1 N–H and O–H groups in total. The fourth-order valence-electron chi connectivity index (χ4n) is 2.67. The Balaban J connectivity index is 1.95. The highest BCUT2D eigenvalue weighted by Gasteiger charge is 2.37. The summed E-state index contributed by atoms with van der Waals surface area (Å²) < 4.78 is 10.9. The van der Waals surface area contributed by atoms with Crippen molar-refractivity contribution in [3.05, 3.63) is 29.8 Å². The number of ether oxygens (including phenoxy) is 2. The van der Waals surface area contributed by atoms with Gasteiger partial charge in [-0.3, -0.25) is 0 Å². The molecule has 1 fully saturated rings. The van der Waals surface area contributed by atoms with Gasteiger partial charge in [0.25, 0.3) is 0 Å². The first-order valence-electron chi connectivity index (χ1n) is 7.15. The third-order valence-corrected chi connectivity index (χ3v) is 4.29. The van der Waals surface area contributed by atoms with E-state index in [0.717, 1.165) is 18.7 Å². The van der Waals surface area contributed by atoms with Gasteiger partial charge in [-0.2, -0.15) is 0 Å². The van der Waals surface area contributed by atoms with E-state index < -0.39 is 0 Å². The fourth-order valence-corrected chi connectivity index (χ4v) is 2.67. The van der Waals surface area contributed by atoms with Crippen LogP contribution >= 0.6 is 0 Å². The molecule has 3 heteroatoms. The average molecular weight is 263 g/mol. The molecule has 1 aromatic carbocycles. The molecule has 0 aromatic heterocycles. The van der Waals surface area contributed by atoms with Crippen molar-refractivity contribution in [3.63, 3.8) is 0 Å². The summed E-state index contributed by atoms with van der Waals surface area (Å²) in [5, 5.41) is 3.65. The zero-order chi connectivity index (χ0) is 13.7. The second kappa shape index (κ2) is 6.40. The minimum atomic E-state index is 0.0832. The Labute approximate surface area is 116 Å². The first kappa shape index (κ1) is 14.4. The summed E-state index contributed by atoms with van der Waals surface area (Å²) in [6, 6.07) is 8.71. The Hall–Kier alpha value is -1.06. The van der Waals surface area contributed by atoms with Crippen molar-refractivity contribution in [1.29, 1.82) is 0 Å². The predicted molar refractivity (Wildman–Crippen MR) is 77.6 cm³/mol. The third-order valence-electron chi connectivity index (χ3n) is 4.29. The highest BCUT2D eigenvalue weighted by Crippen LogP contribution is 2.35. The molecule has 0 bridgehead atoms. The Kier molecular flexibility index (Phi) is 4.83. The smallest absolute Gasteiger partial charge is 0.118 e. The Morgan fingerprint density at radius 3 is 2.32 bits per heavy atom. The van der Waals surface area contributed by atoms with E-state index in [-0.39, 0.29) is 5.60 Å². The van der Waals surface area contributed by atoms with Gasteiger partial charge in [0, 0.05) is 19.7 Å². The van der Waals surface area contributed by atoms with Crippen LogP contribution in [0.15, 0.2) is 24.3 Å². The number of hydrogen-bond acceptors (Lipinski definition) is 3. The van der Waals surface area contributed by atoms with Gasteiger partial charge in [-0.1, -0.05) is 19.1 Å². The highest BCUT2D eigenvalue weighted by atomic mass is 16.5. The maximum atomic E-state index is 5.66. The Bertz CT molecular complexity index is 379. The van der Waals surface area contributed by atoms with Gasteiger partial charge in [0.1, 0.15) is 5.75 Å². The topological polar surface area (TPSA) is 30.5 Å². The lowest BCUT2D eigenvalue weighted by Crippen LogP contribution is -2.48. The predicted octanol–water partition coefficient (Wildman–Crippen LogP) is 3.31. The van der Waals surface area contributed by atoms with Gasteiger partial charge in [0.15, 0.2) is 0 Å². The SMILES string of the molecule is CCC(NCC1(OC)CCC1)c1ccc(OC)cc1. The quantitative estimate of drug-likeness (QED) is 0.818. The molecule has 0 saturated heterocycles. The monoisotopic (exact) mass is 263 g/mol. The Morgan fingerprint density at radius 2 is 1.89 bits per heavy atom. The summed E-state index contributed by atoms with van der Waals surface area (Å²) in [7, 11) is 3.53. The number of nitrogens with one attached hydrogen (secondary N) is 1. The Morgan fingerprint density at radius 1 is 1.21 bits per heavy atom. The molecule has 0 amide bonds. The molecule has 2 rings (SSSR count). The van der Waals surface area contributed by atoms with Crippen molar-refractivity contribution in [1.82, 2.24) is 5.32 Å². The summed E-state index contributed by atoms with van der Waals surface area (Å²) in [5.41, 5.74) is 1.40. The third kappa shape index (κ3) is 3.28. The van der Waals surface area contributed by atoms with E-state index in [4.69, 9.17) is 9.47 Å². The van der Waals surface area contributed by atoms with Crippen LogP contribution in [0, 0.1) is 0 Å². The van der Waals surface area contributed by atoms with Crippen molar-refractivity contribution < 1.29 is 9.47 Å². The van der Waals surface area contributed by atoms with Crippen molar-refractivity contribution >= 4 is 0 Å². The largest absolute Gasteiger partial charge is 0.497 e. The molecule has 0 heterocycles. The maximum absolute atomic E-state index is 5.66. The molecule has 106 valence electrons. The molecule has 1 saturated carbocycles. The molecule has 1 unspecified atom stereocenters. The number of methoxy groups -OCH3 is 2. The molecule has 0 radical (unpaired) electrons. The molecule has 1 atom stereocenters. The van der Waals surface area contributed by atoms with E-state index in [1.54, 1.807) is 7.11 Å². The zero-order valence-electron chi connectivity index (χ0n) is 12.2. The minimum absolute atomic E-state index is 0.0832. The van der Waals surface area contributed by atoms with Gasteiger partial charge in [-0.25, -0.2) is 0 Å². The van der Waals surface area contributed by atoms with Gasteiger partial charge in [-0.15, -0.1) is 0 Å². The standard InChI is InChI=1S/C16H25NO2/c1-4-15(13-6-8-14(18-2)9-7-13)17-12-16(19-3)10-5-11-16/h6-9,15,17H,4-5,10-12H2,1-3H3. The first-order chi connectivity index (χ1) is 9.23. The molecule has 0 spiro atoms. The van der Waals surface area contributed by atoms with Gasteiger partial charge in [0.05, 0.1) is 12.7 Å². The van der Waals surface area contributed by atoms with Crippen LogP contribution in [0.2, 0.25) is 0 Å². The van der Waals surface area contributed by atoms with Gasteiger partial charge >= 0.3 is 0 Å². The molecular formula is C16H25NO2. The second-order valence-corrected chi connectivity index (χ2v) is 5.36. The molecule has 3 nitrogen and oxygen atoms in total. The summed E-state index contributed by atoms with van der Waals surface area (Å²) >= 11 is 0. The van der Waals surface area contributed by atoms with E-state index >= 15 is 0 Å². The van der Waals surface area contributed by atoms with Crippen LogP contribution < -0.4 is 10.1 Å². The fraction of sp³-hybridized carbons (Fsp3) is 0.625. The normalized spacial score (nSPS) is 18.7. The lowest BCUT2D eigenvalue weighted by molar-refractivity contribution is -0.0709. The number of rotatable bonds is 7. The van der Waals surface area contributed by atoms with Crippen LogP contribution in [0.1, 0.15) is 44.2 Å². The lowest BCUT2D eigenvalue weighted by atomic mass is 9.79. The van der Waals surface area contributed by atoms with Crippen molar-refractivity contribution in [2.45, 2.75) is 44.2 Å². The average Bonchev–Trinajstić information content (AvgIpc) is 2.42. The van der Waals surface area contributed by atoms with E-state index in [0.29, 0.717) is 6.04 Å². The van der Waals surface area contributed by atoms with Crippen LogP contribution in [0.4, 0.5) is 0 Å². The number of benzene rings is 1. The van der Waals surface area contributed by atoms with Crippen molar-refractivity contribution in [3.8, 4) is 5.75 Å². The molecular weight excluding hydrogens is 238 g/mol. The van der Waals surface area contributed by atoms with Crippen molar-refractivity contribution in [2.75, 3.05) is 20.8 Å². The summed E-state index contributed by atoms with van der Waals surface area (Å²) in [5.74, 6) is 0.908. The summed E-state index contributed by atoms with van der Waals surface area (Å²) in [4.78, 5) is 0. The van der Waals surface area contributed by atoms with Gasteiger partial charge in [0.2, 0.25) is 0 Å². The maximum Gasteiger partial charge on any atom is 0.118 e. The molecule has 0 aliphatic heterocycles. The van der Waals surface area contributed by atoms with Gasteiger partial charge < -0.3 is 14.8 Å². The van der Waals surface area contributed by atoms with Crippen LogP contribution in [-0.4, -0.2) is 26.4 Å². The first-order valence-corrected chi connectivity index (χ1v) is 7.15. The second-order valence-electron chi connectivity index (χ2n) is 5.36. The highest BCUT2D eigenvalue weighted by molar-refractivity contribution is 5.29. The molecule has 1 aromatic rings. The molecule has 1 aliphatic rings. The minimum Gasteiger partial charge on any atom is -0.497 e. The van der Waals surface area contributed by atoms with E-state index in [9.17, 15) is 0 Å². The van der Waals surface area contributed by atoms with Crippen LogP contribution in [0.3, 0.4) is 0 Å².